The molecule has 2 rings (SSSR count). The van der Waals surface area contributed by atoms with Gasteiger partial charge in [0, 0.05) is 25.3 Å². The summed E-state index contributed by atoms with van der Waals surface area (Å²) in [6, 6.07) is 1.74. The number of halogens is 1. The first-order chi connectivity index (χ1) is 7.31. The SMILES string of the molecule is OCCCOc1ccn2ncc(Br)c2n1. The van der Waals surface area contributed by atoms with Gasteiger partial charge in [-0.25, -0.2) is 4.52 Å². The van der Waals surface area contributed by atoms with Crippen molar-refractivity contribution in [2.75, 3.05) is 13.2 Å². The fourth-order valence-electron chi connectivity index (χ4n) is 1.15. The van der Waals surface area contributed by atoms with E-state index in [4.69, 9.17) is 9.84 Å². The predicted octanol–water partition coefficient (Wildman–Crippen LogP) is 1.25. The second kappa shape index (κ2) is 4.59. The van der Waals surface area contributed by atoms with Gasteiger partial charge in [0.05, 0.1) is 17.3 Å². The molecule has 1 N–H and O–H groups in total. The van der Waals surface area contributed by atoms with Crippen molar-refractivity contribution in [3.8, 4) is 5.88 Å². The van der Waals surface area contributed by atoms with E-state index >= 15 is 0 Å². The van der Waals surface area contributed by atoms with Crippen LogP contribution in [0.5, 0.6) is 5.88 Å². The molecule has 0 bridgehead atoms. The highest BCUT2D eigenvalue weighted by atomic mass is 79.9. The minimum atomic E-state index is 0.124. The van der Waals surface area contributed by atoms with Crippen molar-refractivity contribution >= 4 is 21.6 Å². The molecule has 0 aromatic carbocycles. The minimum absolute atomic E-state index is 0.124. The molecule has 0 saturated carbocycles. The lowest BCUT2D eigenvalue weighted by Crippen LogP contribution is -2.02. The van der Waals surface area contributed by atoms with Gasteiger partial charge in [0.2, 0.25) is 5.88 Å². The van der Waals surface area contributed by atoms with Gasteiger partial charge in [-0.2, -0.15) is 10.1 Å². The van der Waals surface area contributed by atoms with Crippen molar-refractivity contribution in [3.05, 3.63) is 22.9 Å². The van der Waals surface area contributed by atoms with Crippen LogP contribution in [0.3, 0.4) is 0 Å². The smallest absolute Gasteiger partial charge is 0.216 e. The first-order valence-electron chi connectivity index (χ1n) is 4.55. The molecule has 2 heterocycles. The summed E-state index contributed by atoms with van der Waals surface area (Å²) in [6.07, 6.45) is 4.06. The number of rotatable bonds is 4. The highest BCUT2D eigenvalue weighted by Gasteiger charge is 2.03. The maximum atomic E-state index is 8.61. The molecular formula is C9H10BrN3O2. The Bertz CT molecular complexity index is 458. The Kier molecular flexibility index (Phi) is 3.17. The quantitative estimate of drug-likeness (QED) is 0.851. The van der Waals surface area contributed by atoms with Crippen LogP contribution in [0.4, 0.5) is 0 Å². The first-order valence-corrected chi connectivity index (χ1v) is 5.34. The largest absolute Gasteiger partial charge is 0.477 e. The van der Waals surface area contributed by atoms with Crippen LogP contribution in [-0.4, -0.2) is 32.9 Å². The molecule has 5 nitrogen and oxygen atoms in total. The summed E-state index contributed by atoms with van der Waals surface area (Å²) in [7, 11) is 0. The Morgan fingerprint density at radius 2 is 2.40 bits per heavy atom. The van der Waals surface area contributed by atoms with E-state index in [2.05, 4.69) is 26.0 Å². The Balaban J connectivity index is 2.18. The van der Waals surface area contributed by atoms with Gasteiger partial charge in [0.15, 0.2) is 5.65 Å². The minimum Gasteiger partial charge on any atom is -0.477 e. The lowest BCUT2D eigenvalue weighted by molar-refractivity contribution is 0.229. The number of aliphatic hydroxyl groups is 1. The van der Waals surface area contributed by atoms with E-state index in [0.29, 0.717) is 18.9 Å². The van der Waals surface area contributed by atoms with Crippen LogP contribution in [0.2, 0.25) is 0 Å². The van der Waals surface area contributed by atoms with E-state index in [1.54, 1.807) is 23.0 Å². The number of hydrogen-bond donors (Lipinski definition) is 1. The van der Waals surface area contributed by atoms with Crippen LogP contribution in [0.25, 0.3) is 5.65 Å². The zero-order valence-electron chi connectivity index (χ0n) is 7.93. The number of aliphatic hydroxyl groups excluding tert-OH is 1. The Hall–Kier alpha value is -1.14. The maximum absolute atomic E-state index is 8.61. The predicted molar refractivity (Wildman–Crippen MR) is 57.9 cm³/mol. The van der Waals surface area contributed by atoms with Gasteiger partial charge in [-0.15, -0.1) is 0 Å². The lowest BCUT2D eigenvalue weighted by atomic mass is 10.5. The molecule has 2 aromatic rings. The van der Waals surface area contributed by atoms with Gasteiger partial charge >= 0.3 is 0 Å². The fraction of sp³-hybridized carbons (Fsp3) is 0.333. The summed E-state index contributed by atoms with van der Waals surface area (Å²) in [6.45, 7) is 0.587. The van der Waals surface area contributed by atoms with Gasteiger partial charge in [-0.1, -0.05) is 0 Å². The summed E-state index contributed by atoms with van der Waals surface area (Å²) >= 11 is 3.34. The first kappa shape index (κ1) is 10.4. The molecule has 80 valence electrons. The normalized spacial score (nSPS) is 10.8. The number of fused-ring (bicyclic) bond motifs is 1. The molecule has 0 aliphatic rings. The van der Waals surface area contributed by atoms with Crippen molar-refractivity contribution in [3.63, 3.8) is 0 Å². The summed E-state index contributed by atoms with van der Waals surface area (Å²) in [5.74, 6) is 0.539. The van der Waals surface area contributed by atoms with E-state index in [1.807, 2.05) is 0 Å². The molecule has 0 unspecified atom stereocenters. The third-order valence-corrected chi connectivity index (χ3v) is 2.41. The second-order valence-corrected chi connectivity index (χ2v) is 3.81. The third-order valence-electron chi connectivity index (χ3n) is 1.85. The third kappa shape index (κ3) is 2.27. The van der Waals surface area contributed by atoms with Crippen molar-refractivity contribution in [1.82, 2.24) is 14.6 Å². The number of aromatic nitrogens is 3. The molecule has 0 spiro atoms. The van der Waals surface area contributed by atoms with Crippen LogP contribution in [0, 0.1) is 0 Å². The van der Waals surface area contributed by atoms with Crippen molar-refractivity contribution in [2.45, 2.75) is 6.42 Å². The van der Waals surface area contributed by atoms with Gasteiger partial charge in [0.1, 0.15) is 0 Å². The van der Waals surface area contributed by atoms with Gasteiger partial charge in [0.25, 0.3) is 0 Å². The van der Waals surface area contributed by atoms with Crippen LogP contribution in [-0.2, 0) is 0 Å². The van der Waals surface area contributed by atoms with Gasteiger partial charge < -0.3 is 9.84 Å². The molecule has 0 fully saturated rings. The molecular weight excluding hydrogens is 262 g/mol. The molecule has 15 heavy (non-hydrogen) atoms. The maximum Gasteiger partial charge on any atom is 0.216 e. The molecule has 0 saturated heterocycles. The van der Waals surface area contributed by atoms with Crippen LogP contribution in [0.1, 0.15) is 6.42 Å². The van der Waals surface area contributed by atoms with Crippen molar-refractivity contribution in [2.24, 2.45) is 0 Å². The van der Waals surface area contributed by atoms with Gasteiger partial charge in [-0.05, 0) is 15.9 Å². The van der Waals surface area contributed by atoms with Crippen molar-refractivity contribution < 1.29 is 9.84 Å². The molecule has 0 atom stereocenters. The number of hydrogen-bond acceptors (Lipinski definition) is 4. The second-order valence-electron chi connectivity index (χ2n) is 2.95. The lowest BCUT2D eigenvalue weighted by Gasteiger charge is -2.03. The molecule has 0 aliphatic heterocycles. The number of ether oxygens (including phenoxy) is 1. The zero-order chi connectivity index (χ0) is 10.7. The van der Waals surface area contributed by atoms with Crippen LogP contribution in [0.15, 0.2) is 22.9 Å². The molecule has 0 aliphatic carbocycles. The average molecular weight is 272 g/mol. The number of nitrogens with zero attached hydrogens (tertiary/aromatic N) is 3. The van der Waals surface area contributed by atoms with Crippen LogP contribution < -0.4 is 4.74 Å². The van der Waals surface area contributed by atoms with E-state index in [0.717, 1.165) is 10.1 Å². The Morgan fingerprint density at radius 3 is 3.20 bits per heavy atom. The highest BCUT2D eigenvalue weighted by Crippen LogP contribution is 2.17. The highest BCUT2D eigenvalue weighted by molar-refractivity contribution is 9.10. The summed E-state index contributed by atoms with van der Waals surface area (Å²) in [4.78, 5) is 4.26. The van der Waals surface area contributed by atoms with Crippen LogP contribution >= 0.6 is 15.9 Å². The Morgan fingerprint density at radius 1 is 1.53 bits per heavy atom. The summed E-state index contributed by atoms with van der Waals surface area (Å²) in [5.41, 5.74) is 0.719. The van der Waals surface area contributed by atoms with Gasteiger partial charge in [-0.3, -0.25) is 0 Å². The average Bonchev–Trinajstić information content (AvgIpc) is 2.61. The van der Waals surface area contributed by atoms with E-state index in [9.17, 15) is 0 Å². The summed E-state index contributed by atoms with van der Waals surface area (Å²) < 4.78 is 7.83. The topological polar surface area (TPSA) is 59.7 Å². The molecule has 6 heteroatoms. The van der Waals surface area contributed by atoms with E-state index in [1.165, 1.54) is 0 Å². The monoisotopic (exact) mass is 271 g/mol. The molecule has 2 aromatic heterocycles. The Labute approximate surface area is 94.8 Å². The fourth-order valence-corrected chi connectivity index (χ4v) is 1.51. The molecule has 0 radical (unpaired) electrons. The van der Waals surface area contributed by atoms with Crippen molar-refractivity contribution in [1.29, 1.82) is 0 Å². The molecule has 0 amide bonds. The summed E-state index contributed by atoms with van der Waals surface area (Å²) in [5, 5.41) is 12.7. The van der Waals surface area contributed by atoms with E-state index in [-0.39, 0.29) is 6.61 Å². The zero-order valence-corrected chi connectivity index (χ0v) is 9.51. The standard InChI is InChI=1S/C9H10BrN3O2/c10-7-6-11-13-3-2-8(12-9(7)13)15-5-1-4-14/h2-3,6,14H,1,4-5H2. The van der Waals surface area contributed by atoms with E-state index < -0.39 is 0 Å².